The highest BCUT2D eigenvalue weighted by atomic mass is 16.7. The number of para-hydroxylation sites is 2. The van der Waals surface area contributed by atoms with Gasteiger partial charge in [0.05, 0.1) is 29.8 Å². The number of carbonyl (C=O) groups is 2. The van der Waals surface area contributed by atoms with Gasteiger partial charge in [0.15, 0.2) is 6.29 Å². The lowest BCUT2D eigenvalue weighted by atomic mass is 9.98. The minimum absolute atomic E-state index is 0.00623. The number of H-pyrrole nitrogens is 1. The van der Waals surface area contributed by atoms with Crippen molar-refractivity contribution >= 4 is 22.8 Å². The van der Waals surface area contributed by atoms with Crippen molar-refractivity contribution in [2.24, 2.45) is 0 Å². The summed E-state index contributed by atoms with van der Waals surface area (Å²) in [5, 5.41) is 15.5. The fraction of sp³-hybridized carbons (Fsp3) is 0.400. The second-order valence-corrected chi connectivity index (χ2v) is 15.1. The Morgan fingerprint density at radius 1 is 0.821 bits per heavy atom. The Balaban J connectivity index is 0.975. The van der Waals surface area contributed by atoms with Crippen molar-refractivity contribution in [2.45, 2.75) is 89.6 Å². The highest BCUT2D eigenvalue weighted by Gasteiger charge is 2.34. The number of fused-ring (bicyclic) bond motifs is 1. The van der Waals surface area contributed by atoms with E-state index in [9.17, 15) is 19.5 Å². The van der Waals surface area contributed by atoms with Crippen molar-refractivity contribution in [3.63, 3.8) is 0 Å². The summed E-state index contributed by atoms with van der Waals surface area (Å²) < 4.78 is 15.3. The number of carbonyl (C=O) groups excluding carboxylic acids is 2. The van der Waals surface area contributed by atoms with Crippen molar-refractivity contribution < 1.29 is 24.2 Å². The molecule has 0 spiro atoms. The van der Waals surface area contributed by atoms with Crippen LogP contribution in [0.15, 0.2) is 102 Å². The molecule has 0 saturated carbocycles. The standard InChI is InChI=1S/C45H53N5O6/c1-31(52)46-23-6-2-3-12-43(53)47-28-33-8-7-9-37(26-33)34-17-19-36(20-18-34)44-55-39(27-42(56-44)35-15-13-32(30-51)14-16-35)29-49-24-21-38(22-25-49)50-41-11-5-4-10-40(41)48-45(50)54/h4-5,7-11,13-20,26,38-39,42,44,51H,2-3,6,12,21-25,27-30H2,1H3,(H,46,52)(H,47,53)(H,48,54)/t39-,42+,44+/m1/s1. The predicted octanol–water partition coefficient (Wildman–Crippen LogP) is 6.68. The highest BCUT2D eigenvalue weighted by Crippen LogP contribution is 2.39. The number of nitrogens with zero attached hydrogens (tertiary/aromatic N) is 2. The smallest absolute Gasteiger partial charge is 0.326 e. The number of hydrogen-bond acceptors (Lipinski definition) is 7. The maximum Gasteiger partial charge on any atom is 0.326 e. The van der Waals surface area contributed by atoms with Crippen LogP contribution in [0.5, 0.6) is 0 Å². The molecule has 0 radical (unpaired) electrons. The van der Waals surface area contributed by atoms with Gasteiger partial charge in [-0.15, -0.1) is 0 Å². The molecule has 2 aliphatic rings. The second-order valence-electron chi connectivity index (χ2n) is 15.1. The van der Waals surface area contributed by atoms with Crippen molar-refractivity contribution in [1.29, 1.82) is 0 Å². The molecule has 4 N–H and O–H groups in total. The quantitative estimate of drug-likeness (QED) is 0.0874. The molecule has 3 atom stereocenters. The molecule has 2 amide bonds. The molecule has 4 aromatic carbocycles. The van der Waals surface area contributed by atoms with E-state index in [0.717, 1.165) is 96.2 Å². The van der Waals surface area contributed by atoms with Crippen LogP contribution in [0.3, 0.4) is 0 Å². The van der Waals surface area contributed by atoms with Crippen LogP contribution in [0.4, 0.5) is 0 Å². The number of ether oxygens (including phenoxy) is 2. The van der Waals surface area contributed by atoms with E-state index in [1.165, 1.54) is 6.92 Å². The van der Waals surface area contributed by atoms with E-state index in [0.29, 0.717) is 25.9 Å². The zero-order valence-corrected chi connectivity index (χ0v) is 32.1. The first-order chi connectivity index (χ1) is 27.3. The van der Waals surface area contributed by atoms with Gasteiger partial charge < -0.3 is 35.1 Å². The minimum Gasteiger partial charge on any atom is -0.392 e. The third-order valence-corrected chi connectivity index (χ3v) is 11.0. The number of aliphatic hydroxyl groups is 1. The summed E-state index contributed by atoms with van der Waals surface area (Å²) in [5.74, 6) is -0.000127. The molecule has 0 aliphatic carbocycles. The van der Waals surface area contributed by atoms with E-state index in [4.69, 9.17) is 9.47 Å². The van der Waals surface area contributed by atoms with Gasteiger partial charge in [-0.05, 0) is 71.7 Å². The zero-order valence-electron chi connectivity index (χ0n) is 32.1. The number of aromatic nitrogens is 2. The zero-order chi connectivity index (χ0) is 38.9. The van der Waals surface area contributed by atoms with Crippen LogP contribution in [0.2, 0.25) is 0 Å². The number of rotatable bonds is 15. The van der Waals surface area contributed by atoms with Crippen LogP contribution >= 0.6 is 0 Å². The van der Waals surface area contributed by atoms with E-state index in [1.54, 1.807) is 0 Å². The lowest BCUT2D eigenvalue weighted by Gasteiger charge is -2.40. The van der Waals surface area contributed by atoms with E-state index in [2.05, 4.69) is 56.9 Å². The van der Waals surface area contributed by atoms with Gasteiger partial charge in [0.1, 0.15) is 0 Å². The number of hydrogen-bond donors (Lipinski definition) is 4. The number of amides is 2. The molecule has 0 bridgehead atoms. The normalized spacial score (nSPS) is 19.2. The van der Waals surface area contributed by atoms with Gasteiger partial charge in [0.2, 0.25) is 11.8 Å². The molecule has 2 fully saturated rings. The molecular weight excluding hydrogens is 707 g/mol. The summed E-state index contributed by atoms with van der Waals surface area (Å²) in [6.07, 6.45) is 4.69. The predicted molar refractivity (Wildman–Crippen MR) is 217 cm³/mol. The van der Waals surface area contributed by atoms with Gasteiger partial charge in [0.25, 0.3) is 0 Å². The largest absolute Gasteiger partial charge is 0.392 e. The number of aliphatic hydroxyl groups excluding tert-OH is 1. The van der Waals surface area contributed by atoms with E-state index in [1.807, 2.05) is 65.2 Å². The Bertz CT molecular complexity index is 2120. The molecule has 56 heavy (non-hydrogen) atoms. The lowest BCUT2D eigenvalue weighted by Crippen LogP contribution is -2.43. The van der Waals surface area contributed by atoms with Crippen LogP contribution in [0, 0.1) is 0 Å². The molecule has 11 heteroatoms. The molecule has 3 heterocycles. The Hall–Kier alpha value is -5.07. The summed E-state index contributed by atoms with van der Waals surface area (Å²) >= 11 is 0. The number of imidazole rings is 1. The number of unbranched alkanes of at least 4 members (excludes halogenated alkanes) is 2. The van der Waals surface area contributed by atoms with Crippen LogP contribution in [0.1, 0.15) is 92.6 Å². The Labute approximate surface area is 328 Å². The SMILES string of the molecule is CC(=O)NCCCCCC(=O)NCc1cccc(-c2ccc([C@H]3O[C@@H](CN4CCC(n5c(=O)[nH]c6ccccc65)CC4)C[C@@H](c4ccc(CO)cc4)O3)cc2)c1. The number of nitrogens with one attached hydrogen (secondary N) is 3. The van der Waals surface area contributed by atoms with Gasteiger partial charge in [-0.25, -0.2) is 4.79 Å². The van der Waals surface area contributed by atoms with Crippen molar-refractivity contribution in [2.75, 3.05) is 26.2 Å². The molecule has 7 rings (SSSR count). The average Bonchev–Trinajstić information content (AvgIpc) is 3.57. The summed E-state index contributed by atoms with van der Waals surface area (Å²) in [6, 6.07) is 32.5. The lowest BCUT2D eigenvalue weighted by molar-refractivity contribution is -0.253. The number of piperidine rings is 1. The van der Waals surface area contributed by atoms with Gasteiger partial charge in [-0.1, -0.05) is 85.3 Å². The van der Waals surface area contributed by atoms with Gasteiger partial charge in [-0.2, -0.15) is 0 Å². The number of aromatic amines is 1. The fourth-order valence-electron chi connectivity index (χ4n) is 7.95. The Morgan fingerprint density at radius 2 is 1.59 bits per heavy atom. The first-order valence-electron chi connectivity index (χ1n) is 20.0. The summed E-state index contributed by atoms with van der Waals surface area (Å²) in [5.41, 5.74) is 7.79. The molecule has 2 saturated heterocycles. The highest BCUT2D eigenvalue weighted by molar-refractivity contribution is 5.76. The maximum absolute atomic E-state index is 12.9. The molecular formula is C45H53N5O6. The minimum atomic E-state index is -0.556. The third kappa shape index (κ3) is 10.0. The van der Waals surface area contributed by atoms with Gasteiger partial charge >= 0.3 is 5.69 Å². The summed E-state index contributed by atoms with van der Waals surface area (Å²) in [6.45, 7) is 5.12. The summed E-state index contributed by atoms with van der Waals surface area (Å²) in [7, 11) is 0. The molecule has 2 aliphatic heterocycles. The molecule has 5 aromatic rings. The van der Waals surface area contributed by atoms with Crippen LogP contribution < -0.4 is 16.3 Å². The summed E-state index contributed by atoms with van der Waals surface area (Å²) in [4.78, 5) is 41.8. The molecule has 294 valence electrons. The number of benzene rings is 4. The van der Waals surface area contributed by atoms with Crippen LogP contribution in [-0.4, -0.2) is 63.7 Å². The Morgan fingerprint density at radius 3 is 2.36 bits per heavy atom. The van der Waals surface area contributed by atoms with Crippen LogP contribution in [-0.2, 0) is 32.2 Å². The Kier molecular flexibility index (Phi) is 13.1. The molecule has 11 nitrogen and oxygen atoms in total. The van der Waals surface area contributed by atoms with Crippen molar-refractivity contribution in [3.8, 4) is 11.1 Å². The van der Waals surface area contributed by atoms with Crippen LogP contribution in [0.25, 0.3) is 22.2 Å². The first kappa shape index (κ1) is 39.2. The molecule has 1 aromatic heterocycles. The van der Waals surface area contributed by atoms with E-state index < -0.39 is 6.29 Å². The fourth-order valence-corrected chi connectivity index (χ4v) is 7.95. The third-order valence-electron chi connectivity index (χ3n) is 11.0. The molecule has 0 unspecified atom stereocenters. The average molecular weight is 760 g/mol. The van der Waals surface area contributed by atoms with E-state index >= 15 is 0 Å². The second kappa shape index (κ2) is 18.7. The first-order valence-corrected chi connectivity index (χ1v) is 20.0. The monoisotopic (exact) mass is 759 g/mol. The van der Waals surface area contributed by atoms with Gasteiger partial charge in [-0.3, -0.25) is 14.2 Å². The number of likely N-dealkylation sites (tertiary alicyclic amines) is 1. The van der Waals surface area contributed by atoms with Crippen molar-refractivity contribution in [3.05, 3.63) is 130 Å². The maximum atomic E-state index is 12.9. The van der Waals surface area contributed by atoms with E-state index in [-0.39, 0.29) is 42.4 Å². The topological polar surface area (TPSA) is 138 Å². The van der Waals surface area contributed by atoms with Gasteiger partial charge in [0, 0.05) is 64.1 Å². The van der Waals surface area contributed by atoms with Crippen molar-refractivity contribution in [1.82, 2.24) is 25.1 Å².